The molecule has 0 saturated heterocycles. The van der Waals surface area contributed by atoms with E-state index in [2.05, 4.69) is 26.2 Å². The van der Waals surface area contributed by atoms with Crippen LogP contribution in [0.5, 0.6) is 0 Å². The molecule has 4 amide bonds. The van der Waals surface area contributed by atoms with Gasteiger partial charge in [-0.05, 0) is 37.1 Å². The van der Waals surface area contributed by atoms with Gasteiger partial charge in [0.1, 0.15) is 11.9 Å². The smallest absolute Gasteiger partial charge is 0.364 e. The van der Waals surface area contributed by atoms with Gasteiger partial charge in [0.2, 0.25) is 5.91 Å². The molecule has 33 heavy (non-hydrogen) atoms. The molecule has 13 heteroatoms. The van der Waals surface area contributed by atoms with Crippen LogP contribution in [0.4, 0.5) is 9.18 Å². The molecule has 0 aliphatic heterocycles. The molecule has 0 unspecified atom stereocenters. The van der Waals surface area contributed by atoms with Crippen molar-refractivity contribution >= 4 is 30.3 Å². The molecular weight excluding hydrogens is 443 g/mol. The molecule has 0 bridgehead atoms. The van der Waals surface area contributed by atoms with Crippen LogP contribution in [0.3, 0.4) is 0 Å². The van der Waals surface area contributed by atoms with Crippen molar-refractivity contribution in [3.8, 4) is 0 Å². The van der Waals surface area contributed by atoms with E-state index in [9.17, 15) is 28.4 Å². The van der Waals surface area contributed by atoms with Crippen molar-refractivity contribution in [2.45, 2.75) is 44.9 Å². The number of rotatable bonds is 14. The molecule has 1 aromatic carbocycles. The highest BCUT2D eigenvalue weighted by atomic mass is 19.1. The third-order valence-corrected chi connectivity index (χ3v) is 4.22. The third-order valence-electron chi connectivity index (χ3n) is 4.22. The van der Waals surface area contributed by atoms with E-state index in [1.165, 1.54) is 12.1 Å². The standard InChI is InChI=1S/C20H27FN4O8/c1-2-4-15(19(29)33-31)24-20(30)23-11-17(32-12-26)25-16(27)5-3-10-22-18(28)13-6-8-14(21)9-7-13/h6-9,12,15,17,31H,2-5,10-11H2,1H3,(H,22,28)(H,25,27)(H2,23,24,30)/t15-,17+/m0/s1. The minimum atomic E-state index is -1.18. The van der Waals surface area contributed by atoms with Gasteiger partial charge in [0.25, 0.3) is 12.4 Å². The Balaban J connectivity index is 2.38. The lowest BCUT2D eigenvalue weighted by molar-refractivity contribution is -0.236. The van der Waals surface area contributed by atoms with Gasteiger partial charge < -0.3 is 26.0 Å². The average Bonchev–Trinajstić information content (AvgIpc) is 2.80. The van der Waals surface area contributed by atoms with Crippen LogP contribution in [-0.4, -0.2) is 60.9 Å². The number of benzene rings is 1. The predicted molar refractivity (Wildman–Crippen MR) is 111 cm³/mol. The molecule has 5 N–H and O–H groups in total. The molecule has 0 aromatic heterocycles. The van der Waals surface area contributed by atoms with Gasteiger partial charge in [-0.2, -0.15) is 5.26 Å². The molecule has 0 fully saturated rings. The van der Waals surface area contributed by atoms with E-state index in [0.717, 1.165) is 12.1 Å². The minimum absolute atomic E-state index is 0.0183. The first kappa shape index (κ1) is 27.3. The van der Waals surface area contributed by atoms with E-state index in [-0.39, 0.29) is 44.4 Å². The second kappa shape index (κ2) is 15.1. The molecule has 0 radical (unpaired) electrons. The number of carbonyl (C=O) groups is 5. The Morgan fingerprint density at radius 1 is 1.12 bits per heavy atom. The molecule has 0 aliphatic carbocycles. The van der Waals surface area contributed by atoms with Crippen LogP contribution >= 0.6 is 0 Å². The summed E-state index contributed by atoms with van der Waals surface area (Å²) in [4.78, 5) is 61.6. The summed E-state index contributed by atoms with van der Waals surface area (Å²) in [5.41, 5.74) is 0.276. The number of halogens is 1. The van der Waals surface area contributed by atoms with Gasteiger partial charge in [-0.1, -0.05) is 13.3 Å². The summed E-state index contributed by atoms with van der Waals surface area (Å²) >= 11 is 0. The van der Waals surface area contributed by atoms with E-state index < -0.39 is 41.9 Å². The van der Waals surface area contributed by atoms with Crippen LogP contribution in [0.2, 0.25) is 0 Å². The Bertz CT molecular complexity index is 806. The fourth-order valence-corrected chi connectivity index (χ4v) is 2.60. The second-order valence-electron chi connectivity index (χ2n) is 6.76. The Hall–Kier alpha value is -3.74. The lowest BCUT2D eigenvalue weighted by Gasteiger charge is -2.19. The van der Waals surface area contributed by atoms with Crippen molar-refractivity contribution < 1.29 is 43.2 Å². The van der Waals surface area contributed by atoms with Gasteiger partial charge in [0.15, 0.2) is 6.23 Å². The Kier molecular flexibility index (Phi) is 12.5. The summed E-state index contributed by atoms with van der Waals surface area (Å²) < 4.78 is 17.6. The largest absolute Gasteiger partial charge is 0.442 e. The van der Waals surface area contributed by atoms with Crippen molar-refractivity contribution in [3.63, 3.8) is 0 Å². The number of carbonyl (C=O) groups excluding carboxylic acids is 5. The highest BCUT2D eigenvalue weighted by Gasteiger charge is 2.22. The summed E-state index contributed by atoms with van der Waals surface area (Å²) in [6.45, 7) is 1.72. The first-order chi connectivity index (χ1) is 15.8. The van der Waals surface area contributed by atoms with Gasteiger partial charge in [-0.25, -0.2) is 14.0 Å². The lowest BCUT2D eigenvalue weighted by atomic mass is 10.2. The molecule has 0 aliphatic rings. The SMILES string of the molecule is CCC[C@H](NC(=O)NC[C@H](NC(=O)CCCNC(=O)c1ccc(F)cc1)OC=O)C(=O)OO. The summed E-state index contributed by atoms with van der Waals surface area (Å²) in [5, 5.41) is 18.0. The van der Waals surface area contributed by atoms with Crippen LogP contribution < -0.4 is 21.3 Å². The molecular formula is C20H27FN4O8. The number of hydrogen-bond acceptors (Lipinski definition) is 8. The second-order valence-corrected chi connectivity index (χ2v) is 6.76. The highest BCUT2D eigenvalue weighted by Crippen LogP contribution is 2.03. The van der Waals surface area contributed by atoms with Crippen molar-refractivity contribution in [1.29, 1.82) is 0 Å². The number of urea groups is 1. The molecule has 2 atom stereocenters. The van der Waals surface area contributed by atoms with Crippen molar-refractivity contribution in [2.24, 2.45) is 0 Å². The summed E-state index contributed by atoms with van der Waals surface area (Å²) in [7, 11) is 0. The van der Waals surface area contributed by atoms with E-state index in [1.54, 1.807) is 6.92 Å². The number of nitrogens with one attached hydrogen (secondary N) is 4. The fraction of sp³-hybridized carbons (Fsp3) is 0.450. The van der Waals surface area contributed by atoms with Crippen molar-refractivity contribution in [1.82, 2.24) is 21.3 Å². The normalized spacial score (nSPS) is 12.0. The zero-order valence-corrected chi connectivity index (χ0v) is 18.0. The third kappa shape index (κ3) is 10.9. The van der Waals surface area contributed by atoms with Crippen LogP contribution in [-0.2, 0) is 24.0 Å². The first-order valence-electron chi connectivity index (χ1n) is 10.1. The van der Waals surface area contributed by atoms with Crippen LogP contribution in [0.15, 0.2) is 24.3 Å². The number of hydrogen-bond donors (Lipinski definition) is 5. The lowest BCUT2D eigenvalue weighted by Crippen LogP contribution is -2.51. The van der Waals surface area contributed by atoms with Crippen LogP contribution in [0.1, 0.15) is 43.0 Å². The van der Waals surface area contributed by atoms with E-state index in [4.69, 9.17) is 9.99 Å². The number of amides is 4. The van der Waals surface area contributed by atoms with E-state index in [0.29, 0.717) is 6.42 Å². The molecule has 0 spiro atoms. The van der Waals surface area contributed by atoms with E-state index in [1.807, 2.05) is 0 Å². The zero-order valence-electron chi connectivity index (χ0n) is 18.0. The molecule has 0 saturated carbocycles. The van der Waals surface area contributed by atoms with Gasteiger partial charge in [-0.15, -0.1) is 0 Å². The quantitative estimate of drug-likeness (QED) is 0.0856. The predicted octanol–water partition coefficient (Wildman–Crippen LogP) is 0.435. The van der Waals surface area contributed by atoms with Crippen LogP contribution in [0, 0.1) is 5.82 Å². The number of ether oxygens (including phenoxy) is 1. The fourth-order valence-electron chi connectivity index (χ4n) is 2.60. The van der Waals surface area contributed by atoms with Gasteiger partial charge in [-0.3, -0.25) is 19.3 Å². The minimum Gasteiger partial charge on any atom is -0.442 e. The zero-order chi connectivity index (χ0) is 24.6. The summed E-state index contributed by atoms with van der Waals surface area (Å²) in [5.74, 6) is -2.42. The van der Waals surface area contributed by atoms with Crippen LogP contribution in [0.25, 0.3) is 0 Å². The monoisotopic (exact) mass is 470 g/mol. The molecule has 1 aromatic rings. The van der Waals surface area contributed by atoms with Gasteiger partial charge in [0.05, 0.1) is 6.54 Å². The summed E-state index contributed by atoms with van der Waals surface area (Å²) in [6.07, 6.45) is -0.186. The Labute approximate surface area is 189 Å². The molecule has 1 rings (SSSR count). The van der Waals surface area contributed by atoms with Crippen molar-refractivity contribution in [2.75, 3.05) is 13.1 Å². The van der Waals surface area contributed by atoms with E-state index >= 15 is 0 Å². The maximum Gasteiger partial charge on any atom is 0.364 e. The molecule has 182 valence electrons. The average molecular weight is 470 g/mol. The maximum atomic E-state index is 12.9. The first-order valence-corrected chi connectivity index (χ1v) is 10.1. The topological polar surface area (TPSA) is 172 Å². The highest BCUT2D eigenvalue weighted by molar-refractivity contribution is 5.94. The maximum absolute atomic E-state index is 12.9. The van der Waals surface area contributed by atoms with Crippen molar-refractivity contribution in [3.05, 3.63) is 35.6 Å². The summed E-state index contributed by atoms with van der Waals surface area (Å²) in [6, 6.07) is 3.09. The Morgan fingerprint density at radius 2 is 1.82 bits per heavy atom. The molecule has 0 heterocycles. The molecule has 12 nitrogen and oxygen atoms in total. The van der Waals surface area contributed by atoms with Gasteiger partial charge in [0, 0.05) is 18.5 Å². The van der Waals surface area contributed by atoms with Gasteiger partial charge >= 0.3 is 12.0 Å². The Morgan fingerprint density at radius 3 is 2.42 bits per heavy atom.